The van der Waals surface area contributed by atoms with Crippen molar-refractivity contribution in [2.24, 2.45) is 0 Å². The molecular formula is C13H12Br2N2O2. The topological polar surface area (TPSA) is 54.1 Å². The quantitative estimate of drug-likeness (QED) is 0.781. The molecule has 1 aromatic heterocycles. The van der Waals surface area contributed by atoms with E-state index in [0.29, 0.717) is 17.8 Å². The van der Waals surface area contributed by atoms with Gasteiger partial charge in [0.25, 0.3) is 0 Å². The Labute approximate surface area is 127 Å². The Balaban J connectivity index is 2.29. The van der Waals surface area contributed by atoms with Crippen molar-refractivity contribution in [3.63, 3.8) is 0 Å². The minimum atomic E-state index is -0.379. The molecule has 100 valence electrons. The van der Waals surface area contributed by atoms with E-state index in [4.69, 9.17) is 4.74 Å². The molecule has 0 atom stereocenters. The molecule has 1 aromatic carbocycles. The third-order valence-corrected chi connectivity index (χ3v) is 3.66. The van der Waals surface area contributed by atoms with E-state index in [0.717, 1.165) is 14.6 Å². The average Bonchev–Trinajstić information content (AvgIpc) is 2.89. The SMILES string of the molecule is COC(=O)c1cc(Br)cc(Br)c1NCc1ccc[nH]1. The van der Waals surface area contributed by atoms with Crippen molar-refractivity contribution in [2.45, 2.75) is 6.54 Å². The van der Waals surface area contributed by atoms with Crippen LogP contribution in [0.15, 0.2) is 39.4 Å². The standard InChI is InChI=1S/C13H12Br2N2O2/c1-19-13(18)10-5-8(14)6-11(15)12(10)17-7-9-3-2-4-16-9/h2-6,16-17H,7H2,1H3. The number of nitrogens with one attached hydrogen (secondary N) is 2. The number of methoxy groups -OCH3 is 1. The van der Waals surface area contributed by atoms with Gasteiger partial charge in [-0.3, -0.25) is 0 Å². The van der Waals surface area contributed by atoms with Crippen molar-refractivity contribution in [3.05, 3.63) is 50.7 Å². The maximum Gasteiger partial charge on any atom is 0.340 e. The summed E-state index contributed by atoms with van der Waals surface area (Å²) in [5.41, 5.74) is 2.23. The van der Waals surface area contributed by atoms with Crippen molar-refractivity contribution in [1.29, 1.82) is 0 Å². The fraction of sp³-hybridized carbons (Fsp3) is 0.154. The van der Waals surface area contributed by atoms with E-state index in [-0.39, 0.29) is 5.97 Å². The lowest BCUT2D eigenvalue weighted by atomic mass is 10.1. The molecule has 0 unspecified atom stereocenters. The molecule has 0 spiro atoms. The van der Waals surface area contributed by atoms with E-state index in [2.05, 4.69) is 42.2 Å². The van der Waals surface area contributed by atoms with Crippen LogP contribution in [-0.4, -0.2) is 18.1 Å². The van der Waals surface area contributed by atoms with Gasteiger partial charge in [-0.15, -0.1) is 0 Å². The summed E-state index contributed by atoms with van der Waals surface area (Å²) in [7, 11) is 1.37. The number of halogens is 2. The van der Waals surface area contributed by atoms with Gasteiger partial charge in [-0.1, -0.05) is 15.9 Å². The molecule has 0 aliphatic carbocycles. The first-order valence-electron chi connectivity index (χ1n) is 5.55. The normalized spacial score (nSPS) is 10.3. The number of benzene rings is 1. The number of ether oxygens (including phenoxy) is 1. The number of anilines is 1. The highest BCUT2D eigenvalue weighted by Gasteiger charge is 2.16. The molecule has 0 saturated carbocycles. The van der Waals surface area contributed by atoms with Crippen molar-refractivity contribution in [2.75, 3.05) is 12.4 Å². The number of carbonyl (C=O) groups is 1. The summed E-state index contributed by atoms with van der Waals surface area (Å²) in [6.07, 6.45) is 1.86. The summed E-state index contributed by atoms with van der Waals surface area (Å²) in [6, 6.07) is 7.50. The average molecular weight is 388 g/mol. The molecule has 1 heterocycles. The Kier molecular flexibility index (Phi) is 4.66. The highest BCUT2D eigenvalue weighted by molar-refractivity contribution is 9.11. The van der Waals surface area contributed by atoms with Gasteiger partial charge in [0.15, 0.2) is 0 Å². The summed E-state index contributed by atoms with van der Waals surface area (Å²) >= 11 is 6.81. The largest absolute Gasteiger partial charge is 0.465 e. The summed E-state index contributed by atoms with van der Waals surface area (Å²) in [5, 5.41) is 3.23. The predicted molar refractivity (Wildman–Crippen MR) is 81.3 cm³/mol. The first-order chi connectivity index (χ1) is 9.11. The number of esters is 1. The molecule has 0 radical (unpaired) electrons. The van der Waals surface area contributed by atoms with Crippen LogP contribution in [0.5, 0.6) is 0 Å². The van der Waals surface area contributed by atoms with E-state index in [1.165, 1.54) is 7.11 Å². The first kappa shape index (κ1) is 14.1. The van der Waals surface area contributed by atoms with E-state index < -0.39 is 0 Å². The molecule has 0 amide bonds. The lowest BCUT2D eigenvalue weighted by Gasteiger charge is -2.13. The molecule has 0 fully saturated rings. The van der Waals surface area contributed by atoms with Gasteiger partial charge in [0.1, 0.15) is 0 Å². The monoisotopic (exact) mass is 386 g/mol. The van der Waals surface area contributed by atoms with Crippen LogP contribution in [0.2, 0.25) is 0 Å². The van der Waals surface area contributed by atoms with Crippen molar-refractivity contribution in [1.82, 2.24) is 4.98 Å². The molecule has 19 heavy (non-hydrogen) atoms. The second-order valence-corrected chi connectivity index (χ2v) is 5.62. The highest BCUT2D eigenvalue weighted by atomic mass is 79.9. The molecule has 4 nitrogen and oxygen atoms in total. The fourth-order valence-corrected chi connectivity index (χ4v) is 3.05. The van der Waals surface area contributed by atoms with Gasteiger partial charge in [-0.2, -0.15) is 0 Å². The molecule has 0 aliphatic heterocycles. The minimum absolute atomic E-state index is 0.379. The van der Waals surface area contributed by atoms with Crippen LogP contribution in [0.25, 0.3) is 0 Å². The Bertz CT molecular complexity index is 583. The molecule has 6 heteroatoms. The zero-order chi connectivity index (χ0) is 13.8. The summed E-state index contributed by atoms with van der Waals surface area (Å²) in [5.74, 6) is -0.379. The van der Waals surface area contributed by atoms with Gasteiger partial charge in [-0.05, 0) is 40.2 Å². The number of H-pyrrole nitrogens is 1. The zero-order valence-corrected chi connectivity index (χ0v) is 13.3. The van der Waals surface area contributed by atoms with Crippen molar-refractivity contribution in [3.8, 4) is 0 Å². The maximum atomic E-state index is 11.8. The van der Waals surface area contributed by atoms with Gasteiger partial charge in [0.2, 0.25) is 0 Å². The van der Waals surface area contributed by atoms with E-state index in [1.54, 1.807) is 6.07 Å². The van der Waals surface area contributed by atoms with Crippen LogP contribution in [0.3, 0.4) is 0 Å². The number of hydrogen-bond donors (Lipinski definition) is 2. The molecule has 2 N–H and O–H groups in total. The number of aromatic amines is 1. The lowest BCUT2D eigenvalue weighted by molar-refractivity contribution is 0.0601. The summed E-state index contributed by atoms with van der Waals surface area (Å²) < 4.78 is 6.41. The maximum absolute atomic E-state index is 11.8. The van der Waals surface area contributed by atoms with E-state index in [9.17, 15) is 4.79 Å². The van der Waals surface area contributed by atoms with Gasteiger partial charge >= 0.3 is 5.97 Å². The third-order valence-electron chi connectivity index (χ3n) is 2.58. The molecular weight excluding hydrogens is 376 g/mol. The fourth-order valence-electron chi connectivity index (χ4n) is 1.69. The number of hydrogen-bond acceptors (Lipinski definition) is 3. The minimum Gasteiger partial charge on any atom is -0.465 e. The number of rotatable bonds is 4. The molecule has 0 bridgehead atoms. The van der Waals surface area contributed by atoms with Gasteiger partial charge in [0.05, 0.1) is 24.9 Å². The zero-order valence-electron chi connectivity index (χ0n) is 10.2. The smallest absolute Gasteiger partial charge is 0.340 e. The van der Waals surface area contributed by atoms with Crippen molar-refractivity contribution >= 4 is 43.5 Å². The van der Waals surface area contributed by atoms with E-state index >= 15 is 0 Å². The van der Waals surface area contributed by atoms with Crippen LogP contribution in [-0.2, 0) is 11.3 Å². The summed E-state index contributed by atoms with van der Waals surface area (Å²) in [4.78, 5) is 14.9. The Morgan fingerprint density at radius 3 is 2.84 bits per heavy atom. The van der Waals surface area contributed by atoms with Crippen LogP contribution in [0.1, 0.15) is 16.1 Å². The molecule has 2 rings (SSSR count). The van der Waals surface area contributed by atoms with Crippen LogP contribution < -0.4 is 5.32 Å². The number of carbonyl (C=O) groups excluding carboxylic acids is 1. The van der Waals surface area contributed by atoms with Gasteiger partial charge < -0.3 is 15.0 Å². The first-order valence-corrected chi connectivity index (χ1v) is 7.14. The molecule has 2 aromatic rings. The predicted octanol–water partition coefficient (Wildman–Crippen LogP) is 3.94. The second kappa shape index (κ2) is 6.25. The van der Waals surface area contributed by atoms with Crippen LogP contribution >= 0.6 is 31.9 Å². The van der Waals surface area contributed by atoms with Crippen molar-refractivity contribution < 1.29 is 9.53 Å². The van der Waals surface area contributed by atoms with E-state index in [1.807, 2.05) is 24.4 Å². The Morgan fingerprint density at radius 2 is 2.21 bits per heavy atom. The van der Waals surface area contributed by atoms with Crippen LogP contribution in [0.4, 0.5) is 5.69 Å². The molecule has 0 aliphatic rings. The van der Waals surface area contributed by atoms with Gasteiger partial charge in [-0.25, -0.2) is 4.79 Å². The Morgan fingerprint density at radius 1 is 1.42 bits per heavy atom. The Hall–Kier alpha value is -1.27. The summed E-state index contributed by atoms with van der Waals surface area (Å²) in [6.45, 7) is 0.594. The second-order valence-electron chi connectivity index (χ2n) is 3.85. The molecule has 0 saturated heterocycles. The van der Waals surface area contributed by atoms with Gasteiger partial charge in [0, 0.05) is 20.8 Å². The van der Waals surface area contributed by atoms with Crippen LogP contribution in [0, 0.1) is 0 Å². The third kappa shape index (κ3) is 3.39. The highest BCUT2D eigenvalue weighted by Crippen LogP contribution is 2.31. The number of aromatic nitrogens is 1. The lowest BCUT2D eigenvalue weighted by Crippen LogP contribution is -2.09.